The van der Waals surface area contributed by atoms with E-state index >= 15 is 0 Å². The van der Waals surface area contributed by atoms with Crippen LogP contribution in [-0.2, 0) is 5.41 Å². The number of hydrogen-bond acceptors (Lipinski definition) is 2. The minimum absolute atomic E-state index is 0.517. The van der Waals surface area contributed by atoms with Gasteiger partial charge in [-0.25, -0.2) is 9.97 Å². The van der Waals surface area contributed by atoms with Gasteiger partial charge in [-0.05, 0) is 68.8 Å². The number of aromatic nitrogens is 3. The summed E-state index contributed by atoms with van der Waals surface area (Å²) in [5, 5.41) is 3.36. The standard InChI is InChI=1S/C51H33N3/c1-4-16-34(17-5-1)36-28-31-46-43(32-36)49(35-18-6-2-7-19-35)53-50(52-46)54-47-27-15-12-24-41(47)42-30-29-38(33-48(42)54)51(37-20-8-3-9-21-37)44-25-13-10-22-39(44)40-23-11-14-26-45(40)51/h1-33H. The van der Waals surface area contributed by atoms with Crippen LogP contribution in [0.2, 0.25) is 0 Å². The molecule has 0 spiro atoms. The smallest absolute Gasteiger partial charge is 0.235 e. The van der Waals surface area contributed by atoms with E-state index in [-0.39, 0.29) is 0 Å². The molecule has 3 nitrogen and oxygen atoms in total. The van der Waals surface area contributed by atoms with Gasteiger partial charge >= 0.3 is 0 Å². The van der Waals surface area contributed by atoms with E-state index in [1.54, 1.807) is 0 Å². The van der Waals surface area contributed by atoms with Gasteiger partial charge in [-0.15, -0.1) is 0 Å². The molecular formula is C51H33N3. The number of benzene rings is 8. The summed E-state index contributed by atoms with van der Waals surface area (Å²) in [4.78, 5) is 10.8. The molecule has 1 aliphatic rings. The van der Waals surface area contributed by atoms with Crippen LogP contribution in [0, 0.1) is 0 Å². The molecule has 0 saturated heterocycles. The maximum atomic E-state index is 5.48. The highest BCUT2D eigenvalue weighted by atomic mass is 15.2. The fraction of sp³-hybridized carbons (Fsp3) is 0.0196. The van der Waals surface area contributed by atoms with Crippen LogP contribution in [0.25, 0.3) is 72.2 Å². The first kappa shape index (κ1) is 30.5. The number of nitrogens with zero attached hydrogens (tertiary/aromatic N) is 3. The highest BCUT2D eigenvalue weighted by molar-refractivity contribution is 6.10. The summed E-state index contributed by atoms with van der Waals surface area (Å²) in [6.45, 7) is 0. The van der Waals surface area contributed by atoms with Crippen LogP contribution in [-0.4, -0.2) is 14.5 Å². The van der Waals surface area contributed by atoms with Crippen molar-refractivity contribution in [1.82, 2.24) is 14.5 Å². The molecule has 252 valence electrons. The molecule has 0 radical (unpaired) electrons. The maximum absolute atomic E-state index is 5.48. The average Bonchev–Trinajstić information content (AvgIpc) is 3.74. The lowest BCUT2D eigenvalue weighted by atomic mass is 9.67. The van der Waals surface area contributed by atoms with Crippen LogP contribution in [0.1, 0.15) is 22.3 Å². The van der Waals surface area contributed by atoms with Gasteiger partial charge in [0.1, 0.15) is 0 Å². The lowest BCUT2D eigenvalue weighted by Crippen LogP contribution is -2.28. The first-order valence-electron chi connectivity index (χ1n) is 18.5. The molecule has 0 atom stereocenters. The van der Waals surface area contributed by atoms with Crippen molar-refractivity contribution in [3.05, 3.63) is 222 Å². The van der Waals surface area contributed by atoms with Gasteiger partial charge in [-0.1, -0.05) is 176 Å². The molecular weight excluding hydrogens is 655 g/mol. The van der Waals surface area contributed by atoms with Crippen LogP contribution in [0.4, 0.5) is 0 Å². The van der Waals surface area contributed by atoms with Crippen LogP contribution in [0.3, 0.4) is 0 Å². The van der Waals surface area contributed by atoms with Crippen molar-refractivity contribution < 1.29 is 0 Å². The number of hydrogen-bond donors (Lipinski definition) is 0. The topological polar surface area (TPSA) is 30.7 Å². The fourth-order valence-corrected chi connectivity index (χ4v) is 8.97. The van der Waals surface area contributed by atoms with Crippen molar-refractivity contribution in [3.63, 3.8) is 0 Å². The third-order valence-corrected chi connectivity index (χ3v) is 11.3. The van der Waals surface area contributed by atoms with Gasteiger partial charge in [-0.2, -0.15) is 0 Å². The van der Waals surface area contributed by atoms with E-state index in [2.05, 4.69) is 205 Å². The summed E-state index contributed by atoms with van der Waals surface area (Å²) in [5.74, 6) is 0.651. The van der Waals surface area contributed by atoms with E-state index in [1.165, 1.54) is 49.7 Å². The summed E-state index contributed by atoms with van der Waals surface area (Å²) in [7, 11) is 0. The molecule has 1 aliphatic carbocycles. The van der Waals surface area contributed by atoms with E-state index in [1.807, 2.05) is 0 Å². The van der Waals surface area contributed by atoms with Crippen molar-refractivity contribution in [2.75, 3.05) is 0 Å². The minimum Gasteiger partial charge on any atom is -0.278 e. The molecule has 2 aromatic heterocycles. The Morgan fingerprint density at radius 1 is 0.370 bits per heavy atom. The van der Waals surface area contributed by atoms with E-state index in [4.69, 9.17) is 9.97 Å². The van der Waals surface area contributed by atoms with Gasteiger partial charge in [0.15, 0.2) is 0 Å². The molecule has 54 heavy (non-hydrogen) atoms. The lowest BCUT2D eigenvalue weighted by Gasteiger charge is -2.34. The summed E-state index contributed by atoms with van der Waals surface area (Å²) < 4.78 is 2.27. The van der Waals surface area contributed by atoms with Gasteiger partial charge in [0, 0.05) is 21.7 Å². The Morgan fingerprint density at radius 2 is 0.963 bits per heavy atom. The van der Waals surface area contributed by atoms with Crippen LogP contribution < -0.4 is 0 Å². The van der Waals surface area contributed by atoms with Crippen molar-refractivity contribution >= 4 is 32.7 Å². The number of para-hydroxylation sites is 1. The zero-order chi connectivity index (χ0) is 35.6. The summed E-state index contributed by atoms with van der Waals surface area (Å²) in [6.07, 6.45) is 0. The van der Waals surface area contributed by atoms with Gasteiger partial charge in [0.2, 0.25) is 5.95 Å². The Hall–Kier alpha value is -7.10. The molecule has 0 fully saturated rings. The van der Waals surface area contributed by atoms with Gasteiger partial charge in [0.25, 0.3) is 0 Å². The molecule has 0 saturated carbocycles. The summed E-state index contributed by atoms with van der Waals surface area (Å²) in [6, 6.07) is 72.1. The van der Waals surface area contributed by atoms with Gasteiger partial charge < -0.3 is 0 Å². The van der Waals surface area contributed by atoms with Crippen LogP contribution in [0.5, 0.6) is 0 Å². The Bertz CT molecular complexity index is 2990. The second-order valence-electron chi connectivity index (χ2n) is 14.1. The fourth-order valence-electron chi connectivity index (χ4n) is 8.97. The highest BCUT2D eigenvalue weighted by Crippen LogP contribution is 2.56. The zero-order valence-corrected chi connectivity index (χ0v) is 29.4. The molecule has 8 aromatic carbocycles. The Kier molecular flexibility index (Phi) is 6.77. The average molecular weight is 688 g/mol. The first-order valence-corrected chi connectivity index (χ1v) is 18.5. The summed E-state index contributed by atoms with van der Waals surface area (Å²) in [5.41, 5.74) is 14.4. The Balaban J connectivity index is 1.22. The lowest BCUT2D eigenvalue weighted by molar-refractivity contribution is 0.769. The van der Waals surface area contributed by atoms with Crippen LogP contribution in [0.15, 0.2) is 200 Å². The Labute approximate surface area is 313 Å². The summed E-state index contributed by atoms with van der Waals surface area (Å²) >= 11 is 0. The molecule has 11 rings (SSSR count). The van der Waals surface area contributed by atoms with Gasteiger partial charge in [-0.3, -0.25) is 4.57 Å². The predicted octanol–water partition coefficient (Wildman–Crippen LogP) is 12.4. The SMILES string of the molecule is c1ccc(-c2ccc3nc(-n4c5ccccc5c5ccc(C6(c7ccccc7)c7ccccc7-c7ccccc76)cc54)nc(-c4ccccc4)c3c2)cc1. The second kappa shape index (κ2) is 12.0. The third-order valence-electron chi connectivity index (χ3n) is 11.3. The monoisotopic (exact) mass is 687 g/mol. The minimum atomic E-state index is -0.517. The van der Waals surface area contributed by atoms with E-state index < -0.39 is 5.41 Å². The van der Waals surface area contributed by atoms with E-state index in [9.17, 15) is 0 Å². The van der Waals surface area contributed by atoms with Crippen LogP contribution >= 0.6 is 0 Å². The largest absolute Gasteiger partial charge is 0.278 e. The molecule has 0 N–H and O–H groups in total. The van der Waals surface area contributed by atoms with Crippen molar-refractivity contribution in [1.29, 1.82) is 0 Å². The number of fused-ring (bicyclic) bond motifs is 7. The number of rotatable bonds is 5. The first-order chi connectivity index (χ1) is 26.8. The second-order valence-corrected chi connectivity index (χ2v) is 14.1. The van der Waals surface area contributed by atoms with Crippen molar-refractivity contribution in [2.24, 2.45) is 0 Å². The quantitative estimate of drug-likeness (QED) is 0.180. The molecule has 3 heteroatoms. The van der Waals surface area contributed by atoms with Crippen molar-refractivity contribution in [2.45, 2.75) is 5.41 Å². The normalized spacial score (nSPS) is 13.0. The van der Waals surface area contributed by atoms with Crippen molar-refractivity contribution in [3.8, 4) is 39.5 Å². The highest BCUT2D eigenvalue weighted by Gasteiger charge is 2.46. The van der Waals surface area contributed by atoms with Gasteiger partial charge in [0.05, 0.1) is 27.7 Å². The Morgan fingerprint density at radius 3 is 1.69 bits per heavy atom. The molecule has 0 aliphatic heterocycles. The molecule has 0 bridgehead atoms. The predicted molar refractivity (Wildman–Crippen MR) is 222 cm³/mol. The molecule has 10 aromatic rings. The van der Waals surface area contributed by atoms with E-state index in [0.29, 0.717) is 5.95 Å². The molecule has 0 amide bonds. The molecule has 0 unspecified atom stereocenters. The third kappa shape index (κ3) is 4.42. The van der Waals surface area contributed by atoms with E-state index in [0.717, 1.165) is 38.8 Å². The maximum Gasteiger partial charge on any atom is 0.235 e. The zero-order valence-electron chi connectivity index (χ0n) is 29.4. The molecule has 2 heterocycles.